The molecule has 0 aromatic heterocycles. The molecule has 2 saturated heterocycles. The molecule has 0 radical (unpaired) electrons. The molecule has 1 amide bonds. The highest BCUT2D eigenvalue weighted by Gasteiger charge is 2.50. The van der Waals surface area contributed by atoms with Crippen LogP contribution in [0.25, 0.3) is 0 Å². The Labute approximate surface area is 64.9 Å². The van der Waals surface area contributed by atoms with Crippen LogP contribution >= 0.6 is 0 Å². The van der Waals surface area contributed by atoms with Gasteiger partial charge in [0.2, 0.25) is 5.91 Å². The maximum Gasteiger partial charge on any atom is 0.222 e. The summed E-state index contributed by atoms with van der Waals surface area (Å²) in [6.45, 7) is 0. The summed E-state index contributed by atoms with van der Waals surface area (Å²) in [6.07, 6.45) is 0.993. The van der Waals surface area contributed by atoms with Crippen LogP contribution in [-0.2, 0) is 14.6 Å². The standard InChI is InChI=1S/C6H9NO3S/c8-5-3-6(7-5)1-2-11(9,10)4-6/h1-4H2,(H,7,8). The van der Waals surface area contributed by atoms with Crippen LogP contribution in [-0.4, -0.2) is 31.4 Å². The van der Waals surface area contributed by atoms with Crippen molar-refractivity contribution in [3.63, 3.8) is 0 Å². The van der Waals surface area contributed by atoms with E-state index in [-0.39, 0.29) is 23.0 Å². The van der Waals surface area contributed by atoms with E-state index >= 15 is 0 Å². The average Bonchev–Trinajstić information content (AvgIpc) is 2.05. The van der Waals surface area contributed by atoms with Gasteiger partial charge in [-0.15, -0.1) is 0 Å². The van der Waals surface area contributed by atoms with Gasteiger partial charge in [-0.3, -0.25) is 4.79 Å². The predicted octanol–water partition coefficient (Wildman–Crippen LogP) is -0.936. The number of rotatable bonds is 0. The maximum atomic E-state index is 11.0. The zero-order valence-corrected chi connectivity index (χ0v) is 6.78. The second-order valence-electron chi connectivity index (χ2n) is 3.35. The Morgan fingerprint density at radius 1 is 1.45 bits per heavy atom. The van der Waals surface area contributed by atoms with Crippen molar-refractivity contribution in [1.29, 1.82) is 0 Å². The van der Waals surface area contributed by atoms with Gasteiger partial charge in [-0.05, 0) is 6.42 Å². The summed E-state index contributed by atoms with van der Waals surface area (Å²) in [7, 11) is -2.85. The highest BCUT2D eigenvalue weighted by atomic mass is 32.2. The molecule has 2 fully saturated rings. The van der Waals surface area contributed by atoms with Crippen LogP contribution in [0.1, 0.15) is 12.8 Å². The van der Waals surface area contributed by atoms with Crippen molar-refractivity contribution in [3.8, 4) is 0 Å². The summed E-state index contributed by atoms with van der Waals surface area (Å²) in [5, 5.41) is 2.66. The molecule has 62 valence electrons. The first-order valence-electron chi connectivity index (χ1n) is 3.53. The Bertz CT molecular complexity index is 298. The molecule has 0 bridgehead atoms. The van der Waals surface area contributed by atoms with Crippen LogP contribution in [0.3, 0.4) is 0 Å². The third-order valence-corrected chi connectivity index (χ3v) is 4.11. The number of sulfone groups is 1. The minimum atomic E-state index is -2.85. The molecule has 2 aliphatic rings. The first-order valence-corrected chi connectivity index (χ1v) is 5.35. The molecule has 0 aromatic rings. The predicted molar refractivity (Wildman–Crippen MR) is 38.8 cm³/mol. The molecule has 4 nitrogen and oxygen atoms in total. The van der Waals surface area contributed by atoms with Crippen LogP contribution in [0, 0.1) is 0 Å². The lowest BCUT2D eigenvalue weighted by Gasteiger charge is -2.37. The normalized spacial score (nSPS) is 40.2. The van der Waals surface area contributed by atoms with E-state index < -0.39 is 9.84 Å². The van der Waals surface area contributed by atoms with E-state index in [1.807, 2.05) is 0 Å². The fraction of sp³-hybridized carbons (Fsp3) is 0.833. The third kappa shape index (κ3) is 1.03. The lowest BCUT2D eigenvalue weighted by molar-refractivity contribution is -0.131. The van der Waals surface area contributed by atoms with Gasteiger partial charge < -0.3 is 5.32 Å². The molecule has 1 unspecified atom stereocenters. The molecule has 1 atom stereocenters. The molecular formula is C6H9NO3S. The fourth-order valence-corrected chi connectivity index (χ4v) is 3.75. The van der Waals surface area contributed by atoms with Gasteiger partial charge in [-0.1, -0.05) is 0 Å². The summed E-state index contributed by atoms with van der Waals surface area (Å²) < 4.78 is 22.0. The molecule has 0 aliphatic carbocycles. The van der Waals surface area contributed by atoms with Gasteiger partial charge in [0, 0.05) is 0 Å². The summed E-state index contributed by atoms with van der Waals surface area (Å²) >= 11 is 0. The van der Waals surface area contributed by atoms with Gasteiger partial charge in [0.25, 0.3) is 0 Å². The smallest absolute Gasteiger partial charge is 0.222 e. The van der Waals surface area contributed by atoms with Crippen LogP contribution in [0.5, 0.6) is 0 Å². The lowest BCUT2D eigenvalue weighted by Crippen LogP contribution is -2.61. The van der Waals surface area contributed by atoms with Gasteiger partial charge in [-0.2, -0.15) is 0 Å². The van der Waals surface area contributed by atoms with Crippen LogP contribution in [0.2, 0.25) is 0 Å². The summed E-state index contributed by atoms with van der Waals surface area (Å²) in [6, 6.07) is 0. The Balaban J connectivity index is 2.17. The summed E-state index contributed by atoms with van der Waals surface area (Å²) in [5.74, 6) is 0.348. The highest BCUT2D eigenvalue weighted by Crippen LogP contribution is 2.32. The van der Waals surface area contributed by atoms with Crippen molar-refractivity contribution in [2.24, 2.45) is 0 Å². The Morgan fingerprint density at radius 2 is 2.09 bits per heavy atom. The second-order valence-corrected chi connectivity index (χ2v) is 5.53. The van der Waals surface area contributed by atoms with Crippen LogP contribution < -0.4 is 5.32 Å². The van der Waals surface area contributed by atoms with Crippen molar-refractivity contribution >= 4 is 15.7 Å². The van der Waals surface area contributed by atoms with Gasteiger partial charge in [0.15, 0.2) is 9.84 Å². The molecule has 11 heavy (non-hydrogen) atoms. The number of nitrogens with one attached hydrogen (secondary N) is 1. The van der Waals surface area contributed by atoms with E-state index in [4.69, 9.17) is 0 Å². The quantitative estimate of drug-likeness (QED) is 0.483. The van der Waals surface area contributed by atoms with Crippen LogP contribution in [0.4, 0.5) is 0 Å². The number of amides is 1. The maximum absolute atomic E-state index is 11.0. The number of β-lactam (4-membered cyclic amide) rings is 1. The van der Waals surface area contributed by atoms with E-state index in [1.54, 1.807) is 0 Å². The van der Waals surface area contributed by atoms with Gasteiger partial charge >= 0.3 is 0 Å². The molecule has 0 saturated carbocycles. The Kier molecular flexibility index (Phi) is 1.14. The van der Waals surface area contributed by atoms with Crippen molar-refractivity contribution in [2.45, 2.75) is 18.4 Å². The molecular weight excluding hydrogens is 166 g/mol. The largest absolute Gasteiger partial charge is 0.349 e. The van der Waals surface area contributed by atoms with E-state index in [0.717, 1.165) is 0 Å². The van der Waals surface area contributed by atoms with E-state index in [2.05, 4.69) is 5.32 Å². The van der Waals surface area contributed by atoms with E-state index in [9.17, 15) is 13.2 Å². The van der Waals surface area contributed by atoms with Gasteiger partial charge in [-0.25, -0.2) is 8.42 Å². The number of hydrogen-bond donors (Lipinski definition) is 1. The molecule has 2 heterocycles. The van der Waals surface area contributed by atoms with Crippen LogP contribution in [0.15, 0.2) is 0 Å². The lowest BCUT2D eigenvalue weighted by atomic mass is 9.87. The molecule has 2 aliphatic heterocycles. The minimum Gasteiger partial charge on any atom is -0.349 e. The first kappa shape index (κ1) is 7.09. The second kappa shape index (κ2) is 1.77. The van der Waals surface area contributed by atoms with E-state index in [0.29, 0.717) is 12.8 Å². The number of carbonyl (C=O) groups excluding carboxylic acids is 1. The summed E-state index contributed by atoms with van der Waals surface area (Å²) in [5.41, 5.74) is -0.365. The van der Waals surface area contributed by atoms with E-state index in [1.165, 1.54) is 0 Å². The Morgan fingerprint density at radius 3 is 2.45 bits per heavy atom. The highest BCUT2D eigenvalue weighted by molar-refractivity contribution is 7.91. The van der Waals surface area contributed by atoms with Crippen molar-refractivity contribution in [2.75, 3.05) is 11.5 Å². The topological polar surface area (TPSA) is 63.2 Å². The van der Waals surface area contributed by atoms with Crippen molar-refractivity contribution in [3.05, 3.63) is 0 Å². The Hall–Kier alpha value is -0.580. The van der Waals surface area contributed by atoms with Gasteiger partial charge in [0.05, 0.1) is 23.5 Å². The third-order valence-electron chi connectivity index (χ3n) is 2.29. The zero-order chi connectivity index (χ0) is 8.11. The molecule has 2 rings (SSSR count). The average molecular weight is 175 g/mol. The minimum absolute atomic E-state index is 0.0258. The molecule has 1 spiro atoms. The SMILES string of the molecule is O=C1CC2(CCS(=O)(=O)C2)N1. The molecule has 0 aromatic carbocycles. The van der Waals surface area contributed by atoms with Gasteiger partial charge in [0.1, 0.15) is 0 Å². The molecule has 1 N–H and O–H groups in total. The van der Waals surface area contributed by atoms with Crippen molar-refractivity contribution in [1.82, 2.24) is 5.32 Å². The zero-order valence-electron chi connectivity index (χ0n) is 5.96. The number of carbonyl (C=O) groups is 1. The number of hydrogen-bond acceptors (Lipinski definition) is 3. The first-order chi connectivity index (χ1) is 5.02. The fourth-order valence-electron chi connectivity index (χ4n) is 1.74. The monoisotopic (exact) mass is 175 g/mol. The van der Waals surface area contributed by atoms with Crippen molar-refractivity contribution < 1.29 is 13.2 Å². The molecule has 5 heteroatoms. The summed E-state index contributed by atoms with van der Waals surface area (Å²) in [4.78, 5) is 10.6.